The predicted molar refractivity (Wildman–Crippen MR) is 84.7 cm³/mol. The Bertz CT molecular complexity index is 629. The molecule has 0 saturated carbocycles. The molecule has 0 atom stereocenters. The van der Waals surface area contributed by atoms with Crippen molar-refractivity contribution in [2.45, 2.75) is 53.8 Å². The van der Waals surface area contributed by atoms with Crippen molar-refractivity contribution in [2.75, 3.05) is 0 Å². The van der Waals surface area contributed by atoms with Gasteiger partial charge in [-0.05, 0) is 44.0 Å². The molecule has 0 spiro atoms. The Balaban J connectivity index is 2.52. The molecule has 2 aromatic rings. The predicted octanol–water partition coefficient (Wildman–Crippen LogP) is 3.82. The molecular weight excluding hydrogens is 265 g/mol. The Kier molecular flexibility index (Phi) is 4.78. The van der Waals surface area contributed by atoms with Gasteiger partial charge in [-0.25, -0.2) is 4.39 Å². The first-order chi connectivity index (χ1) is 9.93. The van der Waals surface area contributed by atoms with E-state index in [1.807, 2.05) is 24.6 Å². The number of rotatable bonds is 5. The summed E-state index contributed by atoms with van der Waals surface area (Å²) >= 11 is 0. The number of nitrogens with zero attached hydrogens (tertiary/aromatic N) is 2. The van der Waals surface area contributed by atoms with Gasteiger partial charge in [0.15, 0.2) is 0 Å². The Hall–Kier alpha value is -1.68. The van der Waals surface area contributed by atoms with Gasteiger partial charge in [-0.1, -0.05) is 19.9 Å². The van der Waals surface area contributed by atoms with E-state index < -0.39 is 0 Å². The number of aromatic nitrogens is 2. The van der Waals surface area contributed by atoms with Crippen LogP contribution in [0.15, 0.2) is 18.2 Å². The van der Waals surface area contributed by atoms with Crippen molar-refractivity contribution in [3.8, 4) is 11.1 Å². The Labute approximate surface area is 126 Å². The monoisotopic (exact) mass is 289 g/mol. The van der Waals surface area contributed by atoms with Crippen molar-refractivity contribution in [3.63, 3.8) is 0 Å². The van der Waals surface area contributed by atoms with Crippen LogP contribution >= 0.6 is 0 Å². The van der Waals surface area contributed by atoms with E-state index in [9.17, 15) is 4.39 Å². The minimum atomic E-state index is -0.207. The molecule has 2 rings (SSSR count). The van der Waals surface area contributed by atoms with Crippen molar-refractivity contribution >= 4 is 0 Å². The van der Waals surface area contributed by atoms with Gasteiger partial charge in [-0.3, -0.25) is 4.68 Å². The first kappa shape index (κ1) is 15.7. The van der Waals surface area contributed by atoms with Crippen LogP contribution in [-0.2, 0) is 13.1 Å². The second kappa shape index (κ2) is 6.39. The Morgan fingerprint density at radius 1 is 1.29 bits per heavy atom. The maximum absolute atomic E-state index is 13.7. The van der Waals surface area contributed by atoms with Gasteiger partial charge >= 0.3 is 0 Å². The molecule has 21 heavy (non-hydrogen) atoms. The van der Waals surface area contributed by atoms with Gasteiger partial charge in [0.1, 0.15) is 5.82 Å². The van der Waals surface area contributed by atoms with Crippen molar-refractivity contribution in [1.82, 2.24) is 15.1 Å². The van der Waals surface area contributed by atoms with E-state index in [0.717, 1.165) is 41.2 Å². The molecule has 0 radical (unpaired) electrons. The number of benzene rings is 1. The number of aryl methyl sites for hydroxylation is 2. The maximum Gasteiger partial charge on any atom is 0.123 e. The van der Waals surface area contributed by atoms with Gasteiger partial charge < -0.3 is 5.32 Å². The third kappa shape index (κ3) is 3.32. The van der Waals surface area contributed by atoms with E-state index in [2.05, 4.69) is 31.2 Å². The third-order valence-corrected chi connectivity index (χ3v) is 3.72. The molecule has 0 aliphatic heterocycles. The number of hydrogen-bond donors (Lipinski definition) is 1. The topological polar surface area (TPSA) is 29.9 Å². The second-order valence-corrected chi connectivity index (χ2v) is 5.70. The second-order valence-electron chi connectivity index (χ2n) is 5.70. The fourth-order valence-corrected chi connectivity index (χ4v) is 2.64. The van der Waals surface area contributed by atoms with Gasteiger partial charge in [0.25, 0.3) is 0 Å². The molecule has 1 aromatic carbocycles. The summed E-state index contributed by atoms with van der Waals surface area (Å²) in [5.74, 6) is -0.207. The zero-order valence-electron chi connectivity index (χ0n) is 13.5. The molecule has 1 aromatic heterocycles. The van der Waals surface area contributed by atoms with Crippen molar-refractivity contribution in [1.29, 1.82) is 0 Å². The zero-order valence-corrected chi connectivity index (χ0v) is 13.5. The summed E-state index contributed by atoms with van der Waals surface area (Å²) in [5, 5.41) is 7.95. The summed E-state index contributed by atoms with van der Waals surface area (Å²) in [4.78, 5) is 0. The molecule has 0 saturated heterocycles. The lowest BCUT2D eigenvalue weighted by molar-refractivity contribution is 0.587. The molecule has 0 fully saturated rings. The Morgan fingerprint density at radius 2 is 2.00 bits per heavy atom. The van der Waals surface area contributed by atoms with Crippen molar-refractivity contribution in [2.24, 2.45) is 0 Å². The average molecular weight is 289 g/mol. The Morgan fingerprint density at radius 3 is 2.57 bits per heavy atom. The van der Waals surface area contributed by atoms with Crippen LogP contribution < -0.4 is 5.32 Å². The molecule has 3 nitrogen and oxygen atoms in total. The molecule has 0 bridgehead atoms. The summed E-state index contributed by atoms with van der Waals surface area (Å²) in [6, 6.07) is 5.40. The highest BCUT2D eigenvalue weighted by Gasteiger charge is 2.16. The fourth-order valence-electron chi connectivity index (χ4n) is 2.64. The van der Waals surface area contributed by atoms with Crippen LogP contribution in [0.4, 0.5) is 4.39 Å². The normalized spacial score (nSPS) is 11.4. The molecular formula is C17H24FN3. The average Bonchev–Trinajstić information content (AvgIpc) is 2.71. The van der Waals surface area contributed by atoms with Crippen LogP contribution in [-0.4, -0.2) is 15.8 Å². The minimum Gasteiger partial charge on any atom is -0.310 e. The fraction of sp³-hybridized carbons (Fsp3) is 0.471. The third-order valence-electron chi connectivity index (χ3n) is 3.72. The van der Waals surface area contributed by atoms with E-state index in [1.165, 1.54) is 6.07 Å². The molecule has 0 amide bonds. The van der Waals surface area contributed by atoms with E-state index in [-0.39, 0.29) is 5.82 Å². The highest BCUT2D eigenvalue weighted by atomic mass is 19.1. The summed E-state index contributed by atoms with van der Waals surface area (Å²) in [5.41, 5.74) is 5.14. The van der Waals surface area contributed by atoms with Gasteiger partial charge in [-0.15, -0.1) is 0 Å². The van der Waals surface area contributed by atoms with E-state index in [1.54, 1.807) is 6.07 Å². The highest BCUT2D eigenvalue weighted by Crippen LogP contribution is 2.30. The van der Waals surface area contributed by atoms with Gasteiger partial charge in [-0.2, -0.15) is 5.10 Å². The largest absolute Gasteiger partial charge is 0.310 e. The first-order valence-electron chi connectivity index (χ1n) is 7.50. The van der Waals surface area contributed by atoms with Crippen LogP contribution in [0.3, 0.4) is 0 Å². The van der Waals surface area contributed by atoms with Crippen molar-refractivity contribution < 1.29 is 4.39 Å². The van der Waals surface area contributed by atoms with E-state index >= 15 is 0 Å². The lowest BCUT2D eigenvalue weighted by atomic mass is 9.97. The van der Waals surface area contributed by atoms with Gasteiger partial charge in [0.05, 0.1) is 5.69 Å². The molecule has 1 N–H and O–H groups in total. The van der Waals surface area contributed by atoms with E-state index in [4.69, 9.17) is 0 Å². The lowest BCUT2D eigenvalue weighted by Crippen LogP contribution is -2.22. The maximum atomic E-state index is 13.7. The standard InChI is InChI=1S/C17H24FN3/c1-6-21-13(5)17(12(4)20-21)16-9-15(18)8-7-14(16)10-19-11(2)3/h7-9,11,19H,6,10H2,1-5H3. The highest BCUT2D eigenvalue weighted by molar-refractivity contribution is 5.72. The quantitative estimate of drug-likeness (QED) is 0.906. The van der Waals surface area contributed by atoms with Gasteiger partial charge in [0.2, 0.25) is 0 Å². The first-order valence-corrected chi connectivity index (χ1v) is 7.50. The molecule has 4 heteroatoms. The van der Waals surface area contributed by atoms with Crippen LogP contribution in [0.2, 0.25) is 0 Å². The van der Waals surface area contributed by atoms with Gasteiger partial charge in [0, 0.05) is 30.4 Å². The zero-order chi connectivity index (χ0) is 15.6. The molecule has 0 unspecified atom stereocenters. The number of halogens is 1. The number of nitrogens with one attached hydrogen (secondary N) is 1. The molecule has 114 valence electrons. The van der Waals surface area contributed by atoms with Crippen LogP contribution in [0.25, 0.3) is 11.1 Å². The van der Waals surface area contributed by atoms with Crippen LogP contribution in [0.1, 0.15) is 37.7 Å². The lowest BCUT2D eigenvalue weighted by Gasteiger charge is -2.13. The number of hydrogen-bond acceptors (Lipinski definition) is 2. The molecule has 0 aliphatic rings. The van der Waals surface area contributed by atoms with Crippen LogP contribution in [0.5, 0.6) is 0 Å². The SMILES string of the molecule is CCn1nc(C)c(-c2cc(F)ccc2CNC(C)C)c1C. The summed E-state index contributed by atoms with van der Waals surface area (Å²) < 4.78 is 15.7. The summed E-state index contributed by atoms with van der Waals surface area (Å²) in [6.45, 7) is 11.9. The molecule has 1 heterocycles. The van der Waals surface area contributed by atoms with Crippen LogP contribution in [0, 0.1) is 19.7 Å². The minimum absolute atomic E-state index is 0.207. The van der Waals surface area contributed by atoms with E-state index in [0.29, 0.717) is 6.04 Å². The molecule has 0 aliphatic carbocycles. The summed E-state index contributed by atoms with van der Waals surface area (Å²) in [7, 11) is 0. The smallest absolute Gasteiger partial charge is 0.123 e. The summed E-state index contributed by atoms with van der Waals surface area (Å²) in [6.07, 6.45) is 0. The van der Waals surface area contributed by atoms with Crippen molar-refractivity contribution in [3.05, 3.63) is 41.0 Å².